The first kappa shape index (κ1) is 14.0. The van der Waals surface area contributed by atoms with Gasteiger partial charge in [-0.05, 0) is 54.2 Å². The molecular weight excluding hydrogens is 296 g/mol. The normalized spacial score (nSPS) is 25.2. The summed E-state index contributed by atoms with van der Waals surface area (Å²) in [5, 5.41) is 0.662. The minimum Gasteiger partial charge on any atom is -0.365 e. The van der Waals surface area contributed by atoms with Crippen molar-refractivity contribution in [2.45, 2.75) is 31.5 Å². The highest BCUT2D eigenvalue weighted by atomic mass is 35.5. The van der Waals surface area contributed by atoms with Gasteiger partial charge >= 0.3 is 0 Å². The molecular formula is C19H17ClO2. The molecule has 2 nitrogen and oxygen atoms in total. The Morgan fingerprint density at radius 2 is 1.82 bits per heavy atom. The van der Waals surface area contributed by atoms with E-state index in [1.807, 2.05) is 0 Å². The second-order valence-electron chi connectivity index (χ2n) is 6.14. The number of carbonyl (C=O) groups is 1. The Morgan fingerprint density at radius 3 is 2.59 bits per heavy atom. The number of hydrogen-bond acceptors (Lipinski definition) is 2. The van der Waals surface area contributed by atoms with Gasteiger partial charge in [-0.15, -0.1) is 0 Å². The second-order valence-corrected chi connectivity index (χ2v) is 6.58. The van der Waals surface area contributed by atoms with E-state index >= 15 is 0 Å². The quantitative estimate of drug-likeness (QED) is 0.731. The minimum absolute atomic E-state index is 0.180. The van der Waals surface area contributed by atoms with Crippen molar-refractivity contribution >= 4 is 17.4 Å². The van der Waals surface area contributed by atoms with Crippen LogP contribution in [-0.4, -0.2) is 5.78 Å². The van der Waals surface area contributed by atoms with Gasteiger partial charge in [-0.25, -0.2) is 0 Å². The molecule has 0 amide bonds. The monoisotopic (exact) mass is 312 g/mol. The fraction of sp³-hybridized carbons (Fsp3) is 0.316. The zero-order valence-corrected chi connectivity index (χ0v) is 12.9. The lowest BCUT2D eigenvalue weighted by Gasteiger charge is -2.20. The highest BCUT2D eigenvalue weighted by Crippen LogP contribution is 2.54. The van der Waals surface area contributed by atoms with Gasteiger partial charge in [0.25, 0.3) is 0 Å². The van der Waals surface area contributed by atoms with E-state index in [0.29, 0.717) is 17.4 Å². The van der Waals surface area contributed by atoms with Crippen LogP contribution in [0, 0.1) is 5.92 Å². The van der Waals surface area contributed by atoms with Crippen LogP contribution in [0.25, 0.3) is 0 Å². The number of hydrogen-bond donors (Lipinski definition) is 0. The standard InChI is InChI=1S/C19H17ClO2/c20-14-8-5-12(6-9-14)17(21)10-7-13-11-18-15-3-1-2-4-16(15)19(13)22-18/h1-6,8-9,13,18-19H,7,10-11H2/t13-,18+,19-/m1/s1. The Morgan fingerprint density at radius 1 is 1.09 bits per heavy atom. The topological polar surface area (TPSA) is 26.3 Å². The Kier molecular flexibility index (Phi) is 3.51. The van der Waals surface area contributed by atoms with E-state index in [2.05, 4.69) is 24.3 Å². The Labute approximate surface area is 135 Å². The highest BCUT2D eigenvalue weighted by Gasteiger charge is 2.44. The molecule has 2 aromatic rings. The van der Waals surface area contributed by atoms with Crippen molar-refractivity contribution in [3.8, 4) is 0 Å². The summed E-state index contributed by atoms with van der Waals surface area (Å²) in [6.45, 7) is 0. The van der Waals surface area contributed by atoms with Gasteiger partial charge in [0.05, 0.1) is 12.2 Å². The van der Waals surface area contributed by atoms with Crippen molar-refractivity contribution in [3.63, 3.8) is 0 Å². The Hall–Kier alpha value is -1.64. The third kappa shape index (κ3) is 2.37. The Balaban J connectivity index is 1.42. The molecule has 22 heavy (non-hydrogen) atoms. The number of halogens is 1. The predicted octanol–water partition coefficient (Wildman–Crippen LogP) is 5.14. The molecule has 1 saturated heterocycles. The zero-order valence-electron chi connectivity index (χ0n) is 12.2. The number of fused-ring (bicyclic) bond motifs is 5. The maximum atomic E-state index is 12.3. The number of ether oxygens (including phenoxy) is 1. The summed E-state index contributed by atoms with van der Waals surface area (Å²) in [4.78, 5) is 12.3. The molecule has 3 heteroatoms. The number of rotatable bonds is 4. The molecule has 3 atom stereocenters. The fourth-order valence-corrected chi connectivity index (χ4v) is 3.82. The maximum absolute atomic E-state index is 12.3. The first-order valence-corrected chi connectivity index (χ1v) is 8.13. The summed E-state index contributed by atoms with van der Waals surface area (Å²) in [7, 11) is 0. The fourth-order valence-electron chi connectivity index (χ4n) is 3.70. The summed E-state index contributed by atoms with van der Waals surface area (Å²) in [6.07, 6.45) is 2.91. The van der Waals surface area contributed by atoms with Crippen molar-refractivity contribution < 1.29 is 9.53 Å². The van der Waals surface area contributed by atoms with Gasteiger partial charge < -0.3 is 4.74 Å². The van der Waals surface area contributed by atoms with Crippen LogP contribution >= 0.6 is 11.6 Å². The van der Waals surface area contributed by atoms with Crippen molar-refractivity contribution in [1.29, 1.82) is 0 Å². The van der Waals surface area contributed by atoms with E-state index in [0.717, 1.165) is 18.4 Å². The van der Waals surface area contributed by atoms with Crippen molar-refractivity contribution in [2.24, 2.45) is 5.92 Å². The lowest BCUT2D eigenvalue weighted by Crippen LogP contribution is -2.12. The van der Waals surface area contributed by atoms with E-state index in [-0.39, 0.29) is 18.0 Å². The molecule has 0 unspecified atom stereocenters. The van der Waals surface area contributed by atoms with Gasteiger partial charge in [0.15, 0.2) is 5.78 Å². The lowest BCUT2D eigenvalue weighted by atomic mass is 9.81. The summed E-state index contributed by atoms with van der Waals surface area (Å²) in [6, 6.07) is 15.6. The summed E-state index contributed by atoms with van der Waals surface area (Å²) >= 11 is 5.86. The van der Waals surface area contributed by atoms with Gasteiger partial charge in [0.1, 0.15) is 0 Å². The molecule has 0 saturated carbocycles. The molecule has 2 aliphatic rings. The molecule has 0 spiro atoms. The Bertz CT molecular complexity index is 708. The number of carbonyl (C=O) groups excluding carboxylic acids is 1. The van der Waals surface area contributed by atoms with E-state index in [9.17, 15) is 4.79 Å². The first-order chi connectivity index (χ1) is 10.7. The molecule has 0 aliphatic carbocycles. The van der Waals surface area contributed by atoms with Gasteiger partial charge in [-0.1, -0.05) is 35.9 Å². The van der Waals surface area contributed by atoms with Crippen molar-refractivity contribution in [1.82, 2.24) is 0 Å². The van der Waals surface area contributed by atoms with E-state index < -0.39 is 0 Å². The van der Waals surface area contributed by atoms with Crippen LogP contribution < -0.4 is 0 Å². The molecule has 0 radical (unpaired) electrons. The van der Waals surface area contributed by atoms with Gasteiger partial charge in [-0.2, -0.15) is 0 Å². The molecule has 2 aliphatic heterocycles. The number of Topliss-reactive ketones (excluding diaryl/α,β-unsaturated/α-hetero) is 1. The molecule has 2 heterocycles. The highest BCUT2D eigenvalue weighted by molar-refractivity contribution is 6.30. The zero-order chi connectivity index (χ0) is 15.1. The molecule has 0 N–H and O–H groups in total. The van der Waals surface area contributed by atoms with Crippen LogP contribution in [-0.2, 0) is 4.74 Å². The molecule has 0 aromatic heterocycles. The smallest absolute Gasteiger partial charge is 0.162 e. The summed E-state index contributed by atoms with van der Waals surface area (Å²) < 4.78 is 6.08. The minimum atomic E-state index is 0.180. The third-order valence-corrected chi connectivity index (χ3v) is 5.07. The van der Waals surface area contributed by atoms with Crippen molar-refractivity contribution in [2.75, 3.05) is 0 Å². The van der Waals surface area contributed by atoms with Gasteiger partial charge in [-0.3, -0.25) is 4.79 Å². The average Bonchev–Trinajstić information content (AvgIpc) is 3.12. The van der Waals surface area contributed by atoms with Crippen LogP contribution in [0.4, 0.5) is 0 Å². The van der Waals surface area contributed by atoms with E-state index in [1.54, 1.807) is 24.3 Å². The van der Waals surface area contributed by atoms with E-state index in [4.69, 9.17) is 16.3 Å². The summed E-state index contributed by atoms with van der Waals surface area (Å²) in [5.74, 6) is 0.642. The molecule has 2 bridgehead atoms. The molecule has 4 rings (SSSR count). The molecule has 112 valence electrons. The SMILES string of the molecule is O=C(CC[C@@H]1C[C@@H]2O[C@H]1c1ccccc12)c1ccc(Cl)cc1. The third-order valence-electron chi connectivity index (χ3n) is 4.81. The van der Waals surface area contributed by atoms with Gasteiger partial charge in [0.2, 0.25) is 0 Å². The first-order valence-electron chi connectivity index (χ1n) is 7.75. The predicted molar refractivity (Wildman–Crippen MR) is 86.1 cm³/mol. The second kappa shape index (κ2) is 5.53. The van der Waals surface area contributed by atoms with Crippen LogP contribution in [0.3, 0.4) is 0 Å². The van der Waals surface area contributed by atoms with Crippen LogP contribution in [0.1, 0.15) is 53.0 Å². The molecule has 2 aromatic carbocycles. The largest absolute Gasteiger partial charge is 0.365 e. The van der Waals surface area contributed by atoms with Crippen molar-refractivity contribution in [3.05, 3.63) is 70.2 Å². The van der Waals surface area contributed by atoms with Crippen LogP contribution in [0.2, 0.25) is 5.02 Å². The number of ketones is 1. The van der Waals surface area contributed by atoms with Crippen LogP contribution in [0.15, 0.2) is 48.5 Å². The molecule has 1 fully saturated rings. The average molecular weight is 313 g/mol. The van der Waals surface area contributed by atoms with Gasteiger partial charge in [0, 0.05) is 17.0 Å². The van der Waals surface area contributed by atoms with Crippen LogP contribution in [0.5, 0.6) is 0 Å². The van der Waals surface area contributed by atoms with E-state index in [1.165, 1.54) is 11.1 Å². The number of benzene rings is 2. The summed E-state index contributed by atoms with van der Waals surface area (Å²) in [5.41, 5.74) is 3.41. The lowest BCUT2D eigenvalue weighted by molar-refractivity contribution is 0.0582. The maximum Gasteiger partial charge on any atom is 0.162 e.